The van der Waals surface area contributed by atoms with E-state index < -0.39 is 48.1 Å². The van der Waals surface area contributed by atoms with Crippen molar-refractivity contribution in [3.63, 3.8) is 0 Å². The number of likely N-dealkylation sites (N-methyl/N-ethyl adjacent to an activating group) is 1. The molecular formula is C33H39F2N4O8PS. The van der Waals surface area contributed by atoms with Gasteiger partial charge in [0.05, 0.1) is 11.5 Å². The Morgan fingerprint density at radius 3 is 2.31 bits per heavy atom. The SMILES string of the molecule is CC(=O)N1CC[C@H]2CC[C@@H](C(=O)N(C)c3ccc(C(C)(C)CO)cc3)N2C(=O)C(NC(=O)c2cc3cc(C(F)(F)P(=O)(O)O)ccc3s2)C1. The fourth-order valence-corrected chi connectivity index (χ4v) is 7.75. The second-order valence-electron chi connectivity index (χ2n) is 13.2. The molecule has 2 fully saturated rings. The van der Waals surface area contributed by atoms with Crippen LogP contribution in [-0.4, -0.2) is 93.2 Å². The Kier molecular flexibility index (Phi) is 10.1. The van der Waals surface area contributed by atoms with Crippen LogP contribution in [0.5, 0.6) is 0 Å². The summed E-state index contributed by atoms with van der Waals surface area (Å²) < 4.78 is 40.5. The fourth-order valence-electron chi connectivity index (χ4n) is 6.33. The van der Waals surface area contributed by atoms with Crippen molar-refractivity contribution in [2.45, 2.75) is 69.2 Å². The monoisotopic (exact) mass is 720 g/mol. The van der Waals surface area contributed by atoms with E-state index in [1.807, 2.05) is 26.0 Å². The maximum atomic E-state index is 14.3. The highest BCUT2D eigenvalue weighted by Gasteiger charge is 2.50. The Labute approximate surface area is 285 Å². The molecule has 3 atom stereocenters. The van der Waals surface area contributed by atoms with Gasteiger partial charge in [-0.05, 0) is 60.5 Å². The van der Waals surface area contributed by atoms with Crippen molar-refractivity contribution >= 4 is 58.3 Å². The molecule has 2 aromatic carbocycles. The molecule has 1 unspecified atom stereocenters. The Hall–Kier alpha value is -3.75. The highest BCUT2D eigenvalue weighted by atomic mass is 32.1. The van der Waals surface area contributed by atoms with Crippen LogP contribution in [0.4, 0.5) is 14.5 Å². The lowest BCUT2D eigenvalue weighted by Crippen LogP contribution is -2.61. The number of amides is 4. The molecule has 16 heteroatoms. The van der Waals surface area contributed by atoms with Gasteiger partial charge < -0.3 is 34.9 Å². The summed E-state index contributed by atoms with van der Waals surface area (Å²) in [5.41, 5.74) is -4.31. The molecule has 49 heavy (non-hydrogen) atoms. The maximum Gasteiger partial charge on any atom is 0.399 e. The summed E-state index contributed by atoms with van der Waals surface area (Å²) in [5.74, 6) is -1.85. The minimum atomic E-state index is -5.81. The van der Waals surface area contributed by atoms with Gasteiger partial charge in [0.1, 0.15) is 12.1 Å². The van der Waals surface area contributed by atoms with Crippen LogP contribution >= 0.6 is 18.9 Å². The molecule has 12 nitrogen and oxygen atoms in total. The third-order valence-corrected chi connectivity index (χ3v) is 11.5. The van der Waals surface area contributed by atoms with Crippen molar-refractivity contribution in [1.82, 2.24) is 15.1 Å². The summed E-state index contributed by atoms with van der Waals surface area (Å²) in [5, 5.41) is 12.6. The molecule has 0 saturated carbocycles. The van der Waals surface area contributed by atoms with Gasteiger partial charge in [-0.15, -0.1) is 11.3 Å². The number of hydrogen-bond donors (Lipinski definition) is 4. The Morgan fingerprint density at radius 2 is 1.69 bits per heavy atom. The number of aliphatic hydroxyl groups excluding tert-OH is 1. The zero-order valence-electron chi connectivity index (χ0n) is 27.4. The van der Waals surface area contributed by atoms with Crippen LogP contribution in [0.1, 0.15) is 60.8 Å². The van der Waals surface area contributed by atoms with E-state index in [-0.39, 0.29) is 41.3 Å². The zero-order chi connectivity index (χ0) is 36.1. The third-order valence-electron chi connectivity index (χ3n) is 9.44. The van der Waals surface area contributed by atoms with Crippen LogP contribution in [0.2, 0.25) is 0 Å². The Morgan fingerprint density at radius 1 is 1.04 bits per heavy atom. The van der Waals surface area contributed by atoms with Gasteiger partial charge in [0.15, 0.2) is 0 Å². The Bertz CT molecular complexity index is 1830. The van der Waals surface area contributed by atoms with Crippen molar-refractivity contribution < 1.29 is 47.4 Å². The number of thiophene rings is 1. The lowest BCUT2D eigenvalue weighted by atomic mass is 9.85. The molecule has 1 aromatic heterocycles. The van der Waals surface area contributed by atoms with E-state index in [9.17, 15) is 37.6 Å². The largest absolute Gasteiger partial charge is 0.399 e. The van der Waals surface area contributed by atoms with E-state index in [0.29, 0.717) is 36.2 Å². The summed E-state index contributed by atoms with van der Waals surface area (Å²) >= 11 is 0.938. The summed E-state index contributed by atoms with van der Waals surface area (Å²) in [6.07, 6.45) is 1.35. The molecule has 264 valence electrons. The van der Waals surface area contributed by atoms with Gasteiger partial charge in [0.25, 0.3) is 5.91 Å². The molecule has 3 heterocycles. The summed E-state index contributed by atoms with van der Waals surface area (Å²) in [4.78, 5) is 76.9. The van der Waals surface area contributed by atoms with Crippen molar-refractivity contribution in [2.75, 3.05) is 31.6 Å². The van der Waals surface area contributed by atoms with Crippen LogP contribution in [0, 0.1) is 0 Å². The van der Waals surface area contributed by atoms with Crippen molar-refractivity contribution in [3.05, 3.63) is 64.5 Å². The number of aliphatic hydroxyl groups is 1. The summed E-state index contributed by atoms with van der Waals surface area (Å²) in [6, 6.07) is 9.15. The van der Waals surface area contributed by atoms with Gasteiger partial charge in [0, 0.05) is 54.5 Å². The van der Waals surface area contributed by atoms with Gasteiger partial charge in [0.2, 0.25) is 17.7 Å². The van der Waals surface area contributed by atoms with Gasteiger partial charge in [-0.3, -0.25) is 23.7 Å². The fraction of sp³-hybridized carbons (Fsp3) is 0.455. The van der Waals surface area contributed by atoms with Crippen LogP contribution in [-0.2, 0) is 30.0 Å². The van der Waals surface area contributed by atoms with Crippen molar-refractivity contribution in [1.29, 1.82) is 0 Å². The number of anilines is 1. The number of alkyl halides is 2. The standard InChI is InChI=1S/C33H39F2N4O8PS/c1-19(41)38-14-13-24-10-11-26(31(44)37(4)23-8-5-21(6-9-23)32(2,3)18-40)39(24)30(43)25(17-38)36-29(42)28-16-20-15-22(7-12-27(20)49-28)33(34,35)48(45,46)47/h5-9,12,15-16,24-26,40H,10-11,13-14,17-18H2,1-4H3,(H,36,42)(H2,45,46,47)/t24-,25?,26+/m1/s1. The minimum absolute atomic E-state index is 0.0500. The minimum Gasteiger partial charge on any atom is -0.395 e. The number of carbonyl (C=O) groups excluding carboxylic acids is 4. The average molecular weight is 721 g/mol. The van der Waals surface area contributed by atoms with Crippen LogP contribution < -0.4 is 10.2 Å². The Balaban J connectivity index is 1.39. The van der Waals surface area contributed by atoms with Gasteiger partial charge in [-0.1, -0.05) is 32.0 Å². The number of benzene rings is 2. The second kappa shape index (κ2) is 13.5. The highest BCUT2D eigenvalue weighted by molar-refractivity contribution is 7.52. The molecule has 0 spiro atoms. The number of fused-ring (bicyclic) bond motifs is 2. The second-order valence-corrected chi connectivity index (χ2v) is 15.9. The first-order chi connectivity index (χ1) is 22.9. The first-order valence-electron chi connectivity index (χ1n) is 15.7. The highest BCUT2D eigenvalue weighted by Crippen LogP contribution is 2.59. The van der Waals surface area contributed by atoms with E-state index in [1.165, 1.54) is 33.8 Å². The van der Waals surface area contributed by atoms with Gasteiger partial charge in [-0.2, -0.15) is 8.78 Å². The molecule has 5 rings (SSSR count). The normalized spacial score (nSPS) is 20.5. The molecule has 2 saturated heterocycles. The molecule has 2 aliphatic rings. The molecule has 0 bridgehead atoms. The molecule has 2 aliphatic heterocycles. The topological polar surface area (TPSA) is 168 Å². The number of halogens is 2. The van der Waals surface area contributed by atoms with E-state index in [4.69, 9.17) is 9.79 Å². The van der Waals surface area contributed by atoms with E-state index in [2.05, 4.69) is 5.32 Å². The number of rotatable bonds is 8. The zero-order valence-corrected chi connectivity index (χ0v) is 29.1. The maximum absolute atomic E-state index is 14.3. The molecule has 4 amide bonds. The predicted octanol–water partition coefficient (Wildman–Crippen LogP) is 3.77. The van der Waals surface area contributed by atoms with Gasteiger partial charge >= 0.3 is 13.3 Å². The molecule has 0 aliphatic carbocycles. The number of carbonyl (C=O) groups is 4. The lowest BCUT2D eigenvalue weighted by molar-refractivity contribution is -0.144. The van der Waals surface area contributed by atoms with Gasteiger partial charge in [-0.25, -0.2) is 0 Å². The first kappa shape index (κ1) is 36.5. The lowest BCUT2D eigenvalue weighted by Gasteiger charge is -2.39. The van der Waals surface area contributed by atoms with Crippen LogP contribution in [0.15, 0.2) is 48.5 Å². The molecular weight excluding hydrogens is 681 g/mol. The quantitative estimate of drug-likeness (QED) is 0.255. The van der Waals surface area contributed by atoms with E-state index >= 15 is 0 Å². The first-order valence-corrected chi connectivity index (χ1v) is 18.1. The molecule has 4 N–H and O–H groups in total. The van der Waals surface area contributed by atoms with Crippen LogP contribution in [0.3, 0.4) is 0 Å². The van der Waals surface area contributed by atoms with E-state index in [1.54, 1.807) is 19.2 Å². The van der Waals surface area contributed by atoms with E-state index in [0.717, 1.165) is 29.0 Å². The number of nitrogens with zero attached hydrogens (tertiary/aromatic N) is 3. The third kappa shape index (κ3) is 7.13. The van der Waals surface area contributed by atoms with Crippen molar-refractivity contribution in [3.8, 4) is 0 Å². The number of hydrogen-bond acceptors (Lipinski definition) is 7. The van der Waals surface area contributed by atoms with Crippen LogP contribution in [0.25, 0.3) is 10.1 Å². The summed E-state index contributed by atoms with van der Waals surface area (Å²) in [7, 11) is -4.19. The van der Waals surface area contributed by atoms with Crippen molar-refractivity contribution in [2.24, 2.45) is 0 Å². The number of nitrogens with one attached hydrogen (secondary N) is 1. The summed E-state index contributed by atoms with van der Waals surface area (Å²) in [6.45, 7) is 5.27. The average Bonchev–Trinajstić information content (AvgIpc) is 3.67. The predicted molar refractivity (Wildman–Crippen MR) is 180 cm³/mol. The molecule has 3 aromatic rings. The smallest absolute Gasteiger partial charge is 0.395 e. The molecule has 0 radical (unpaired) electrons.